The number of fused-ring (bicyclic) bond motifs is 2. The van der Waals surface area contributed by atoms with Crippen molar-refractivity contribution in [2.75, 3.05) is 4.90 Å². The van der Waals surface area contributed by atoms with Crippen LogP contribution in [0.2, 0.25) is 0 Å². The largest absolute Gasteiger partial charge is 0.352 e. The van der Waals surface area contributed by atoms with Crippen LogP contribution in [0.3, 0.4) is 0 Å². The first kappa shape index (κ1) is 21.5. The Hall–Kier alpha value is -3.03. The van der Waals surface area contributed by atoms with Crippen LogP contribution in [0.15, 0.2) is 36.5 Å². The molecule has 2 unspecified atom stereocenters. The van der Waals surface area contributed by atoms with E-state index in [9.17, 15) is 18.4 Å². The van der Waals surface area contributed by atoms with Crippen LogP contribution in [0.5, 0.6) is 0 Å². The zero-order chi connectivity index (χ0) is 23.4. The van der Waals surface area contributed by atoms with Crippen molar-refractivity contribution < 1.29 is 18.4 Å². The summed E-state index contributed by atoms with van der Waals surface area (Å²) in [5.41, 5.74) is 0.403. The number of rotatable bonds is 6. The molecule has 2 atom stereocenters. The Morgan fingerprint density at radius 1 is 0.912 bits per heavy atom. The van der Waals surface area contributed by atoms with E-state index >= 15 is 0 Å². The van der Waals surface area contributed by atoms with Crippen molar-refractivity contribution in [1.29, 1.82) is 0 Å². The maximum atomic E-state index is 13.8. The van der Waals surface area contributed by atoms with Gasteiger partial charge in [-0.2, -0.15) is 0 Å². The molecule has 0 radical (unpaired) electrons. The molecule has 2 aliphatic carbocycles. The van der Waals surface area contributed by atoms with E-state index in [-0.39, 0.29) is 29.9 Å². The molecule has 178 valence electrons. The van der Waals surface area contributed by atoms with Gasteiger partial charge in [0, 0.05) is 30.4 Å². The summed E-state index contributed by atoms with van der Waals surface area (Å²) >= 11 is 0. The summed E-state index contributed by atoms with van der Waals surface area (Å²) in [6, 6.07) is 8.47. The number of carbonyl (C=O) groups is 2. The summed E-state index contributed by atoms with van der Waals surface area (Å²) in [4.78, 5) is 32.4. The number of amides is 2. The minimum atomic E-state index is -0.911. The van der Waals surface area contributed by atoms with Crippen LogP contribution in [-0.2, 0) is 10.2 Å². The summed E-state index contributed by atoms with van der Waals surface area (Å²) in [6.45, 7) is 0. The average Bonchev–Trinajstić information content (AvgIpc) is 3.75. The first-order valence-corrected chi connectivity index (χ1v) is 12.2. The highest BCUT2D eigenvalue weighted by Crippen LogP contribution is 2.49. The minimum Gasteiger partial charge on any atom is -0.352 e. The predicted octanol–water partition coefficient (Wildman–Crippen LogP) is 3.60. The molecule has 2 saturated carbocycles. The van der Waals surface area contributed by atoms with Gasteiger partial charge in [-0.3, -0.25) is 9.59 Å². The van der Waals surface area contributed by atoms with E-state index in [4.69, 9.17) is 0 Å². The Kier molecular flexibility index (Phi) is 5.08. The van der Waals surface area contributed by atoms with Gasteiger partial charge in [0.1, 0.15) is 5.82 Å². The Morgan fingerprint density at radius 3 is 2.24 bits per heavy atom. The molecular weight excluding hydrogens is 438 g/mol. The number of pyridine rings is 1. The van der Waals surface area contributed by atoms with E-state index in [1.807, 2.05) is 12.1 Å². The highest BCUT2D eigenvalue weighted by Gasteiger charge is 2.52. The summed E-state index contributed by atoms with van der Waals surface area (Å²) < 4.78 is 27.1. The number of nitrogens with one attached hydrogen (secondary N) is 2. The lowest BCUT2D eigenvalue weighted by Crippen LogP contribution is -2.52. The lowest BCUT2D eigenvalue weighted by molar-refractivity contribution is -0.124. The van der Waals surface area contributed by atoms with Crippen molar-refractivity contribution in [3.8, 4) is 0 Å². The molecule has 3 heterocycles. The Balaban J connectivity index is 1.11. The zero-order valence-corrected chi connectivity index (χ0v) is 18.9. The van der Waals surface area contributed by atoms with Gasteiger partial charge >= 0.3 is 0 Å². The van der Waals surface area contributed by atoms with Crippen LogP contribution in [0.1, 0.15) is 67.3 Å². The Labute approximate surface area is 197 Å². The summed E-state index contributed by atoms with van der Waals surface area (Å²) in [7, 11) is 0. The standard InChI is InChI=1S/C26H28F2N4O2/c27-21-7-2-16(11-22(21)28)26(9-10-26)25(34)31-18-12-19-5-6-20(13-18)32(19)23-8-1-15(14-29-23)24(33)30-17-3-4-17/h1-2,7-8,11,14,17-20H,3-6,9-10,12-13H2,(H,30,33)(H,31,34). The van der Waals surface area contributed by atoms with Crippen molar-refractivity contribution >= 4 is 17.6 Å². The van der Waals surface area contributed by atoms with Gasteiger partial charge < -0.3 is 15.5 Å². The van der Waals surface area contributed by atoms with Gasteiger partial charge in [0.2, 0.25) is 5.91 Å². The number of piperidine rings is 1. The predicted molar refractivity (Wildman–Crippen MR) is 122 cm³/mol. The molecule has 2 amide bonds. The van der Waals surface area contributed by atoms with Crippen LogP contribution >= 0.6 is 0 Å². The van der Waals surface area contributed by atoms with E-state index in [2.05, 4.69) is 20.5 Å². The van der Waals surface area contributed by atoms with E-state index < -0.39 is 17.0 Å². The number of hydrogen-bond acceptors (Lipinski definition) is 4. The molecule has 2 saturated heterocycles. The summed E-state index contributed by atoms with van der Waals surface area (Å²) in [5, 5.41) is 6.21. The molecule has 6 nitrogen and oxygen atoms in total. The third-order valence-corrected chi connectivity index (χ3v) is 7.91. The van der Waals surface area contributed by atoms with Gasteiger partial charge in [-0.15, -0.1) is 0 Å². The van der Waals surface area contributed by atoms with Crippen molar-refractivity contribution in [1.82, 2.24) is 15.6 Å². The van der Waals surface area contributed by atoms with E-state index in [1.54, 1.807) is 6.20 Å². The summed E-state index contributed by atoms with van der Waals surface area (Å²) in [5.74, 6) is -1.08. The molecule has 4 aliphatic rings. The lowest BCUT2D eigenvalue weighted by Gasteiger charge is -2.40. The van der Waals surface area contributed by atoms with Gasteiger partial charge in [-0.05, 0) is 81.2 Å². The number of benzene rings is 1. The van der Waals surface area contributed by atoms with Gasteiger partial charge in [-0.1, -0.05) is 6.07 Å². The van der Waals surface area contributed by atoms with E-state index in [0.29, 0.717) is 30.0 Å². The topological polar surface area (TPSA) is 74.3 Å². The fourth-order valence-electron chi connectivity index (χ4n) is 5.73. The number of nitrogens with zero attached hydrogens (tertiary/aromatic N) is 2. The second-order valence-corrected chi connectivity index (χ2v) is 10.3. The maximum Gasteiger partial charge on any atom is 0.253 e. The van der Waals surface area contributed by atoms with Gasteiger partial charge in [0.25, 0.3) is 5.91 Å². The third-order valence-electron chi connectivity index (χ3n) is 7.91. The SMILES string of the molecule is O=C(NC1CC1)c1ccc(N2C3CCC2CC(NC(=O)C2(c4ccc(F)c(F)c4)CC2)C3)nc1. The number of hydrogen-bond donors (Lipinski definition) is 2. The molecule has 6 rings (SSSR count). The third kappa shape index (κ3) is 3.83. The first-order chi connectivity index (χ1) is 16.4. The number of carbonyl (C=O) groups excluding carboxylic acids is 2. The van der Waals surface area contributed by atoms with Crippen molar-refractivity contribution in [3.63, 3.8) is 0 Å². The quantitative estimate of drug-likeness (QED) is 0.682. The summed E-state index contributed by atoms with van der Waals surface area (Å²) in [6.07, 6.45) is 8.78. The molecule has 4 fully saturated rings. The molecule has 34 heavy (non-hydrogen) atoms. The minimum absolute atomic E-state index is 0.0487. The molecule has 2 aromatic rings. The fourth-order valence-corrected chi connectivity index (χ4v) is 5.73. The zero-order valence-electron chi connectivity index (χ0n) is 18.9. The monoisotopic (exact) mass is 466 g/mol. The molecular formula is C26H28F2N4O2. The lowest BCUT2D eigenvalue weighted by atomic mass is 9.92. The highest BCUT2D eigenvalue weighted by molar-refractivity contribution is 5.94. The molecule has 1 aromatic carbocycles. The first-order valence-electron chi connectivity index (χ1n) is 12.2. The fraction of sp³-hybridized carbons (Fsp3) is 0.500. The van der Waals surface area contributed by atoms with Crippen LogP contribution in [0.4, 0.5) is 14.6 Å². The van der Waals surface area contributed by atoms with E-state index in [0.717, 1.165) is 56.5 Å². The number of anilines is 1. The van der Waals surface area contributed by atoms with Gasteiger partial charge in [-0.25, -0.2) is 13.8 Å². The number of aromatic nitrogens is 1. The maximum absolute atomic E-state index is 13.8. The van der Waals surface area contributed by atoms with E-state index in [1.165, 1.54) is 6.07 Å². The number of halogens is 2. The van der Waals surface area contributed by atoms with Crippen molar-refractivity contribution in [3.05, 3.63) is 59.3 Å². The second-order valence-electron chi connectivity index (χ2n) is 10.3. The Bertz CT molecular complexity index is 1120. The van der Waals surface area contributed by atoms with Crippen LogP contribution < -0.4 is 15.5 Å². The second kappa shape index (κ2) is 8.03. The average molecular weight is 467 g/mol. The Morgan fingerprint density at radius 2 is 1.65 bits per heavy atom. The molecule has 8 heteroatoms. The van der Waals surface area contributed by atoms with Gasteiger partial charge in [0.05, 0.1) is 11.0 Å². The van der Waals surface area contributed by atoms with Crippen LogP contribution in [0.25, 0.3) is 0 Å². The molecule has 2 bridgehead atoms. The molecule has 2 aliphatic heterocycles. The molecule has 1 aromatic heterocycles. The van der Waals surface area contributed by atoms with Crippen molar-refractivity contribution in [2.24, 2.45) is 0 Å². The van der Waals surface area contributed by atoms with Crippen molar-refractivity contribution in [2.45, 2.75) is 80.9 Å². The molecule has 2 N–H and O–H groups in total. The van der Waals surface area contributed by atoms with Crippen LogP contribution in [-0.4, -0.2) is 41.0 Å². The van der Waals surface area contributed by atoms with Crippen LogP contribution in [0, 0.1) is 11.6 Å². The highest BCUT2D eigenvalue weighted by atomic mass is 19.2. The molecule has 0 spiro atoms. The smallest absolute Gasteiger partial charge is 0.253 e. The van der Waals surface area contributed by atoms with Gasteiger partial charge in [0.15, 0.2) is 11.6 Å². The normalized spacial score (nSPS) is 26.8.